The van der Waals surface area contributed by atoms with Crippen LogP contribution in [-0.2, 0) is 32.1 Å². The number of Topliss-reactive ketones (excluding diaryl/α,β-unsaturated/α-hetero) is 1. The van der Waals surface area contributed by atoms with Crippen LogP contribution in [-0.4, -0.2) is 41.5 Å². The molecule has 7 nitrogen and oxygen atoms in total. The maximum atomic E-state index is 12.9. The van der Waals surface area contributed by atoms with Crippen LogP contribution in [0.1, 0.15) is 44.7 Å². The van der Waals surface area contributed by atoms with Gasteiger partial charge in [-0.2, -0.15) is 0 Å². The number of rotatable bonds is 12. The second-order valence-electron chi connectivity index (χ2n) is 8.79. The van der Waals surface area contributed by atoms with Gasteiger partial charge in [-0.25, -0.2) is 0 Å². The number of carbonyl (C=O) groups excluding carboxylic acids is 3. The van der Waals surface area contributed by atoms with Gasteiger partial charge in [-0.15, -0.1) is 0 Å². The molecule has 2 rings (SSSR count). The summed E-state index contributed by atoms with van der Waals surface area (Å²) in [6.45, 7) is 4.73. The average molecular weight is 456 g/mol. The fourth-order valence-electron chi connectivity index (χ4n) is 3.32. The summed E-state index contributed by atoms with van der Waals surface area (Å²) in [5, 5.41) is 12.4. The first-order chi connectivity index (χ1) is 15.6. The minimum Gasteiger partial charge on any atom is -0.497 e. The highest BCUT2D eigenvalue weighted by Crippen LogP contribution is 2.20. The van der Waals surface area contributed by atoms with E-state index in [4.69, 9.17) is 9.47 Å². The smallest absolute Gasteiger partial charge is 0.310 e. The zero-order valence-electron chi connectivity index (χ0n) is 19.7. The third-order valence-corrected chi connectivity index (χ3v) is 5.10. The van der Waals surface area contributed by atoms with E-state index >= 15 is 0 Å². The topological polar surface area (TPSA) is 102 Å². The van der Waals surface area contributed by atoms with Crippen molar-refractivity contribution in [1.82, 2.24) is 5.32 Å². The molecule has 0 aromatic heterocycles. The highest BCUT2D eigenvalue weighted by Gasteiger charge is 2.28. The number of aliphatic hydroxyl groups is 1. The summed E-state index contributed by atoms with van der Waals surface area (Å²) in [6, 6.07) is 15.8. The molecule has 2 atom stereocenters. The molecule has 0 bridgehead atoms. The second kappa shape index (κ2) is 12.2. The van der Waals surface area contributed by atoms with Crippen LogP contribution in [0.15, 0.2) is 54.6 Å². The van der Waals surface area contributed by atoms with Gasteiger partial charge in [-0.05, 0) is 50.5 Å². The molecule has 0 saturated carbocycles. The van der Waals surface area contributed by atoms with E-state index in [9.17, 15) is 19.5 Å². The largest absolute Gasteiger partial charge is 0.497 e. The van der Waals surface area contributed by atoms with Crippen molar-refractivity contribution in [3.8, 4) is 5.75 Å². The fraction of sp³-hybridized carbons (Fsp3) is 0.423. The molecule has 0 aliphatic heterocycles. The lowest BCUT2D eigenvalue weighted by molar-refractivity contribution is -0.151. The van der Waals surface area contributed by atoms with E-state index < -0.39 is 29.4 Å². The Labute approximate surface area is 195 Å². The van der Waals surface area contributed by atoms with E-state index in [1.165, 1.54) is 13.8 Å². The number of benzene rings is 2. The Morgan fingerprint density at radius 1 is 1.00 bits per heavy atom. The van der Waals surface area contributed by atoms with E-state index in [-0.39, 0.29) is 25.2 Å². The quantitative estimate of drug-likeness (QED) is 0.477. The normalized spacial score (nSPS) is 13.0. The fourth-order valence-corrected chi connectivity index (χ4v) is 3.32. The molecular formula is C26H33NO6. The van der Waals surface area contributed by atoms with Gasteiger partial charge < -0.3 is 19.9 Å². The van der Waals surface area contributed by atoms with Crippen molar-refractivity contribution >= 4 is 17.7 Å². The summed E-state index contributed by atoms with van der Waals surface area (Å²) in [5.74, 6) is -1.20. The number of hydrogen-bond donors (Lipinski definition) is 2. The Kier molecular flexibility index (Phi) is 9.60. The minimum absolute atomic E-state index is 0.0797. The third kappa shape index (κ3) is 9.45. The zero-order chi connectivity index (χ0) is 24.4. The van der Waals surface area contributed by atoms with E-state index in [1.807, 2.05) is 42.5 Å². The Bertz CT molecular complexity index is 918. The predicted octanol–water partition coefficient (Wildman–Crippen LogP) is 3.22. The molecule has 2 aromatic carbocycles. The second-order valence-corrected chi connectivity index (χ2v) is 8.79. The van der Waals surface area contributed by atoms with Crippen LogP contribution in [0, 0.1) is 5.92 Å². The van der Waals surface area contributed by atoms with Gasteiger partial charge in [0.2, 0.25) is 5.91 Å². The SMILES string of the molecule is COc1ccc(C[C@H](CC(=O)[C@@H](C)NC(=O)CC(C)(C)O)C(=O)OCc2ccccc2)cc1. The summed E-state index contributed by atoms with van der Waals surface area (Å²) in [5.41, 5.74) is 0.543. The first kappa shape index (κ1) is 26.1. The van der Waals surface area contributed by atoms with Crippen molar-refractivity contribution in [3.05, 3.63) is 65.7 Å². The van der Waals surface area contributed by atoms with Crippen LogP contribution < -0.4 is 10.1 Å². The van der Waals surface area contributed by atoms with E-state index in [0.717, 1.165) is 11.1 Å². The molecule has 0 unspecified atom stereocenters. The molecule has 0 spiro atoms. The molecule has 0 aliphatic carbocycles. The maximum Gasteiger partial charge on any atom is 0.310 e. The number of methoxy groups -OCH3 is 1. The van der Waals surface area contributed by atoms with Crippen LogP contribution in [0.25, 0.3) is 0 Å². The van der Waals surface area contributed by atoms with Gasteiger partial charge in [0.05, 0.1) is 31.1 Å². The van der Waals surface area contributed by atoms with E-state index in [1.54, 1.807) is 26.2 Å². The number of esters is 1. The zero-order valence-corrected chi connectivity index (χ0v) is 19.7. The minimum atomic E-state index is -1.18. The molecular weight excluding hydrogens is 422 g/mol. The third-order valence-electron chi connectivity index (χ3n) is 5.10. The summed E-state index contributed by atoms with van der Waals surface area (Å²) >= 11 is 0. The Morgan fingerprint density at radius 3 is 2.21 bits per heavy atom. The predicted molar refractivity (Wildman–Crippen MR) is 125 cm³/mol. The van der Waals surface area contributed by atoms with Crippen molar-refractivity contribution in [3.63, 3.8) is 0 Å². The van der Waals surface area contributed by atoms with Crippen LogP contribution in [0.5, 0.6) is 5.75 Å². The molecule has 0 fully saturated rings. The van der Waals surface area contributed by atoms with E-state index in [2.05, 4.69) is 5.32 Å². The highest BCUT2D eigenvalue weighted by atomic mass is 16.5. The van der Waals surface area contributed by atoms with Crippen LogP contribution in [0.2, 0.25) is 0 Å². The van der Waals surface area contributed by atoms with Crippen molar-refractivity contribution in [2.75, 3.05) is 7.11 Å². The van der Waals surface area contributed by atoms with Gasteiger partial charge >= 0.3 is 5.97 Å². The Morgan fingerprint density at radius 2 is 1.64 bits per heavy atom. The standard InChI is InChI=1S/C26H33NO6/c1-18(27-24(29)16-26(2,3)31)23(28)15-21(14-19-10-12-22(32-4)13-11-19)25(30)33-17-20-8-6-5-7-9-20/h5-13,18,21,31H,14-17H2,1-4H3,(H,27,29)/t18-,21-/m1/s1. The van der Waals surface area contributed by atoms with Crippen LogP contribution >= 0.6 is 0 Å². The Hall–Kier alpha value is -3.19. The molecule has 0 radical (unpaired) electrons. The van der Waals surface area contributed by atoms with Gasteiger partial charge in [0.25, 0.3) is 0 Å². The van der Waals surface area contributed by atoms with Gasteiger partial charge in [0.1, 0.15) is 12.4 Å². The monoisotopic (exact) mass is 455 g/mol. The molecule has 7 heteroatoms. The average Bonchev–Trinajstić information content (AvgIpc) is 2.76. The number of nitrogens with one attached hydrogen (secondary N) is 1. The van der Waals surface area contributed by atoms with Crippen LogP contribution in [0.3, 0.4) is 0 Å². The summed E-state index contributed by atoms with van der Waals surface area (Å²) in [7, 11) is 1.57. The first-order valence-corrected chi connectivity index (χ1v) is 11.0. The van der Waals surface area contributed by atoms with Crippen molar-refractivity contribution in [1.29, 1.82) is 0 Å². The molecule has 178 valence electrons. The molecule has 33 heavy (non-hydrogen) atoms. The number of hydrogen-bond acceptors (Lipinski definition) is 6. The highest BCUT2D eigenvalue weighted by molar-refractivity contribution is 5.91. The van der Waals surface area contributed by atoms with Gasteiger partial charge in [0.15, 0.2) is 5.78 Å². The number of ether oxygens (including phenoxy) is 2. The maximum absolute atomic E-state index is 12.9. The lowest BCUT2D eigenvalue weighted by Crippen LogP contribution is -2.42. The molecule has 0 aliphatic rings. The first-order valence-electron chi connectivity index (χ1n) is 11.0. The molecule has 2 N–H and O–H groups in total. The Balaban J connectivity index is 2.07. The van der Waals surface area contributed by atoms with Gasteiger partial charge in [-0.3, -0.25) is 14.4 Å². The van der Waals surface area contributed by atoms with Crippen LogP contribution in [0.4, 0.5) is 0 Å². The van der Waals surface area contributed by atoms with Crippen molar-refractivity contribution in [2.45, 2.75) is 58.3 Å². The van der Waals surface area contributed by atoms with Gasteiger partial charge in [-0.1, -0.05) is 42.5 Å². The summed E-state index contributed by atoms with van der Waals surface area (Å²) < 4.78 is 10.7. The number of amides is 1. The number of carbonyl (C=O) groups is 3. The molecule has 0 heterocycles. The molecule has 1 amide bonds. The van der Waals surface area contributed by atoms with Gasteiger partial charge in [0, 0.05) is 6.42 Å². The molecule has 2 aromatic rings. The van der Waals surface area contributed by atoms with E-state index in [0.29, 0.717) is 12.2 Å². The lowest BCUT2D eigenvalue weighted by atomic mass is 9.92. The van der Waals surface area contributed by atoms with Crippen molar-refractivity contribution in [2.24, 2.45) is 5.92 Å². The molecule has 0 saturated heterocycles. The summed E-state index contributed by atoms with van der Waals surface area (Å²) in [6.07, 6.45) is 0.107. The van der Waals surface area contributed by atoms with Crippen molar-refractivity contribution < 1.29 is 29.0 Å². The number of ketones is 1. The summed E-state index contributed by atoms with van der Waals surface area (Å²) in [4.78, 5) is 37.8. The lowest BCUT2D eigenvalue weighted by Gasteiger charge is -2.21.